The number of nitrogen functional groups attached to an aromatic ring is 1. The molecule has 2 aromatic rings. The lowest BCUT2D eigenvalue weighted by atomic mass is 10.1. The number of nitrogens with zero attached hydrogens (tertiary/aromatic N) is 1. The lowest BCUT2D eigenvalue weighted by molar-refractivity contribution is 0.0878. The standard InChI is InChI=1S/C15H11ClN4O4/c1-18-13(22)7-4-6(2-3-9(7)16)20-10(21)5-8-11(12(20)17)15(24)19-14(8)23/h2-5H,17H2,1H3,(H,18,22)(H,19,23,24). The average Bonchev–Trinajstić information content (AvgIpc) is 2.82. The topological polar surface area (TPSA) is 123 Å². The number of hydrogen-bond acceptors (Lipinski definition) is 5. The number of amides is 3. The molecule has 0 fully saturated rings. The van der Waals surface area contributed by atoms with Crippen molar-refractivity contribution in [3.8, 4) is 5.69 Å². The van der Waals surface area contributed by atoms with Gasteiger partial charge in [-0.3, -0.25) is 29.1 Å². The molecule has 0 saturated carbocycles. The van der Waals surface area contributed by atoms with E-state index in [0.29, 0.717) is 0 Å². The number of rotatable bonds is 2. The van der Waals surface area contributed by atoms with E-state index < -0.39 is 23.3 Å². The van der Waals surface area contributed by atoms with Gasteiger partial charge in [0.15, 0.2) is 0 Å². The van der Waals surface area contributed by atoms with Gasteiger partial charge in [-0.05, 0) is 18.2 Å². The lowest BCUT2D eigenvalue weighted by Gasteiger charge is -2.13. The molecule has 0 spiro atoms. The summed E-state index contributed by atoms with van der Waals surface area (Å²) in [6.45, 7) is 0. The van der Waals surface area contributed by atoms with Gasteiger partial charge in [0, 0.05) is 13.1 Å². The number of benzene rings is 1. The largest absolute Gasteiger partial charge is 0.384 e. The smallest absolute Gasteiger partial charge is 0.262 e. The van der Waals surface area contributed by atoms with Gasteiger partial charge in [-0.15, -0.1) is 0 Å². The summed E-state index contributed by atoms with van der Waals surface area (Å²) in [5.41, 5.74) is 5.57. The number of hydrogen-bond donors (Lipinski definition) is 3. The number of fused-ring (bicyclic) bond motifs is 1. The maximum absolute atomic E-state index is 12.3. The van der Waals surface area contributed by atoms with Crippen LogP contribution in [0.5, 0.6) is 0 Å². The molecule has 0 aliphatic carbocycles. The van der Waals surface area contributed by atoms with Gasteiger partial charge in [0.05, 0.1) is 27.4 Å². The fourth-order valence-electron chi connectivity index (χ4n) is 2.51. The molecule has 1 aromatic carbocycles. The Hall–Kier alpha value is -3.13. The van der Waals surface area contributed by atoms with Crippen molar-refractivity contribution in [1.82, 2.24) is 15.2 Å². The van der Waals surface area contributed by atoms with E-state index in [2.05, 4.69) is 10.6 Å². The van der Waals surface area contributed by atoms with Crippen molar-refractivity contribution >= 4 is 35.1 Å². The van der Waals surface area contributed by atoms with E-state index in [1.165, 1.54) is 25.2 Å². The summed E-state index contributed by atoms with van der Waals surface area (Å²) in [6, 6.07) is 5.32. The zero-order valence-electron chi connectivity index (χ0n) is 12.3. The molecule has 1 aromatic heterocycles. The van der Waals surface area contributed by atoms with E-state index in [9.17, 15) is 19.2 Å². The van der Waals surface area contributed by atoms with Crippen molar-refractivity contribution in [3.63, 3.8) is 0 Å². The van der Waals surface area contributed by atoms with Gasteiger partial charge in [-0.1, -0.05) is 11.6 Å². The molecule has 0 bridgehead atoms. The van der Waals surface area contributed by atoms with E-state index in [1.54, 1.807) is 0 Å². The highest BCUT2D eigenvalue weighted by molar-refractivity contribution is 6.34. The Morgan fingerprint density at radius 3 is 2.58 bits per heavy atom. The van der Waals surface area contributed by atoms with Gasteiger partial charge in [0.2, 0.25) is 0 Å². The van der Waals surface area contributed by atoms with Crippen LogP contribution in [0.1, 0.15) is 31.1 Å². The molecule has 9 heteroatoms. The summed E-state index contributed by atoms with van der Waals surface area (Å²) < 4.78 is 1.04. The first-order valence-corrected chi connectivity index (χ1v) is 7.16. The molecule has 1 aliphatic heterocycles. The number of carbonyl (C=O) groups is 3. The summed E-state index contributed by atoms with van der Waals surface area (Å²) in [4.78, 5) is 47.7. The highest BCUT2D eigenvalue weighted by Gasteiger charge is 2.31. The number of carbonyl (C=O) groups excluding carboxylic acids is 3. The van der Waals surface area contributed by atoms with Gasteiger partial charge < -0.3 is 11.1 Å². The fraction of sp³-hybridized carbons (Fsp3) is 0.0667. The average molecular weight is 347 g/mol. The van der Waals surface area contributed by atoms with Gasteiger partial charge in [0.25, 0.3) is 23.3 Å². The van der Waals surface area contributed by atoms with Crippen LogP contribution in [0.4, 0.5) is 5.82 Å². The van der Waals surface area contributed by atoms with E-state index in [-0.39, 0.29) is 33.2 Å². The number of pyridine rings is 1. The summed E-state index contributed by atoms with van der Waals surface area (Å²) in [7, 11) is 1.44. The van der Waals surface area contributed by atoms with Crippen molar-refractivity contribution in [2.75, 3.05) is 12.8 Å². The molecule has 0 radical (unpaired) electrons. The quantitative estimate of drug-likeness (QED) is 0.675. The first-order chi connectivity index (χ1) is 11.3. The zero-order valence-corrected chi connectivity index (χ0v) is 13.1. The van der Waals surface area contributed by atoms with Crippen LogP contribution in [-0.4, -0.2) is 29.3 Å². The Bertz CT molecular complexity index is 980. The van der Waals surface area contributed by atoms with E-state index in [0.717, 1.165) is 10.6 Å². The van der Waals surface area contributed by atoms with Crippen molar-refractivity contribution in [2.24, 2.45) is 0 Å². The minimum atomic E-state index is -0.679. The lowest BCUT2D eigenvalue weighted by Crippen LogP contribution is -2.25. The molecule has 4 N–H and O–H groups in total. The molecule has 8 nitrogen and oxygen atoms in total. The van der Waals surface area contributed by atoms with E-state index in [4.69, 9.17) is 17.3 Å². The molecule has 24 heavy (non-hydrogen) atoms. The fourth-order valence-corrected chi connectivity index (χ4v) is 2.71. The number of aromatic nitrogens is 1. The van der Waals surface area contributed by atoms with E-state index in [1.807, 2.05) is 0 Å². The predicted molar refractivity (Wildman–Crippen MR) is 86.6 cm³/mol. The van der Waals surface area contributed by atoms with Crippen LogP contribution in [-0.2, 0) is 0 Å². The van der Waals surface area contributed by atoms with Gasteiger partial charge in [-0.2, -0.15) is 0 Å². The third-order valence-corrected chi connectivity index (χ3v) is 3.96. The normalized spacial score (nSPS) is 12.8. The second kappa shape index (κ2) is 5.50. The molecule has 0 unspecified atom stereocenters. The van der Waals surface area contributed by atoms with Crippen LogP contribution in [0.3, 0.4) is 0 Å². The molecule has 122 valence electrons. The summed E-state index contributed by atoms with van der Waals surface area (Å²) >= 11 is 5.98. The van der Waals surface area contributed by atoms with Crippen LogP contribution in [0.2, 0.25) is 5.02 Å². The van der Waals surface area contributed by atoms with Crippen LogP contribution in [0.25, 0.3) is 5.69 Å². The van der Waals surface area contributed by atoms with Crippen LogP contribution in [0.15, 0.2) is 29.1 Å². The number of nitrogens with two attached hydrogens (primary N) is 1. The second-order valence-corrected chi connectivity index (χ2v) is 5.43. The third-order valence-electron chi connectivity index (χ3n) is 3.63. The van der Waals surface area contributed by atoms with Gasteiger partial charge in [0.1, 0.15) is 5.82 Å². The minimum Gasteiger partial charge on any atom is -0.384 e. The third kappa shape index (κ3) is 2.24. The van der Waals surface area contributed by atoms with Crippen molar-refractivity contribution in [1.29, 1.82) is 0 Å². The molecule has 0 atom stereocenters. The molecular weight excluding hydrogens is 336 g/mol. The highest BCUT2D eigenvalue weighted by Crippen LogP contribution is 2.25. The Kier molecular flexibility index (Phi) is 3.61. The molecule has 2 heterocycles. The number of nitrogens with one attached hydrogen (secondary N) is 2. The summed E-state index contributed by atoms with van der Waals surface area (Å²) in [5.74, 6) is -1.98. The summed E-state index contributed by atoms with van der Waals surface area (Å²) in [6.07, 6.45) is 0. The predicted octanol–water partition coefficient (Wildman–Crippen LogP) is 0.316. The van der Waals surface area contributed by atoms with Crippen molar-refractivity contribution in [3.05, 3.63) is 56.3 Å². The molecular formula is C15H11ClN4O4. The maximum atomic E-state index is 12.3. The number of anilines is 1. The van der Waals surface area contributed by atoms with Crippen molar-refractivity contribution < 1.29 is 14.4 Å². The van der Waals surface area contributed by atoms with Crippen LogP contribution in [0, 0.1) is 0 Å². The molecule has 3 amide bonds. The zero-order chi connectivity index (χ0) is 17.6. The first-order valence-electron chi connectivity index (χ1n) is 6.78. The van der Waals surface area contributed by atoms with Crippen LogP contribution < -0.4 is 21.9 Å². The first kappa shape index (κ1) is 15.8. The maximum Gasteiger partial charge on any atom is 0.262 e. The monoisotopic (exact) mass is 346 g/mol. The van der Waals surface area contributed by atoms with Gasteiger partial charge >= 0.3 is 0 Å². The SMILES string of the molecule is CNC(=O)c1cc(-n2c(N)c3c(cc2=O)C(=O)NC3=O)ccc1Cl. The van der Waals surface area contributed by atoms with E-state index >= 15 is 0 Å². The van der Waals surface area contributed by atoms with Crippen molar-refractivity contribution in [2.45, 2.75) is 0 Å². The molecule has 3 rings (SSSR count). The molecule has 1 aliphatic rings. The Balaban J connectivity index is 2.27. The Labute approximate surface area is 140 Å². The number of imide groups is 1. The second-order valence-electron chi connectivity index (χ2n) is 5.02. The minimum absolute atomic E-state index is 0.0701. The highest BCUT2D eigenvalue weighted by atomic mass is 35.5. The van der Waals surface area contributed by atoms with Crippen LogP contribution >= 0.6 is 11.6 Å². The molecule has 0 saturated heterocycles. The Morgan fingerprint density at radius 2 is 1.92 bits per heavy atom. The summed E-state index contributed by atoms with van der Waals surface area (Å²) in [5, 5.41) is 4.71. The van der Waals surface area contributed by atoms with Gasteiger partial charge in [-0.25, -0.2) is 0 Å². The Morgan fingerprint density at radius 1 is 1.21 bits per heavy atom. The number of halogens is 1.